The first-order chi connectivity index (χ1) is 9.06. The first kappa shape index (κ1) is 13.5. The Hall–Kier alpha value is -1.91. The molecule has 0 spiro atoms. The number of carbonyl (C=O) groups is 1. The van der Waals surface area contributed by atoms with Gasteiger partial charge < -0.3 is 4.90 Å². The molecule has 0 aliphatic rings. The van der Waals surface area contributed by atoms with E-state index in [0.717, 1.165) is 5.69 Å². The predicted molar refractivity (Wildman–Crippen MR) is 74.3 cm³/mol. The van der Waals surface area contributed by atoms with Crippen molar-refractivity contribution in [3.05, 3.63) is 29.8 Å². The van der Waals surface area contributed by atoms with Gasteiger partial charge in [-0.3, -0.25) is 9.20 Å². The summed E-state index contributed by atoms with van der Waals surface area (Å²) < 4.78 is 1.86. The third kappa shape index (κ3) is 2.59. The Labute approximate surface area is 113 Å². The van der Waals surface area contributed by atoms with Crippen molar-refractivity contribution in [2.45, 2.75) is 33.6 Å². The Morgan fingerprint density at radius 3 is 2.58 bits per heavy atom. The van der Waals surface area contributed by atoms with Gasteiger partial charge in [0.2, 0.25) is 5.78 Å². The van der Waals surface area contributed by atoms with E-state index < -0.39 is 0 Å². The Kier molecular flexibility index (Phi) is 3.83. The van der Waals surface area contributed by atoms with Crippen LogP contribution in [0.25, 0.3) is 5.78 Å². The molecule has 19 heavy (non-hydrogen) atoms. The van der Waals surface area contributed by atoms with Crippen molar-refractivity contribution in [3.8, 4) is 0 Å². The van der Waals surface area contributed by atoms with E-state index in [9.17, 15) is 4.79 Å². The number of rotatable bonds is 4. The highest BCUT2D eigenvalue weighted by Crippen LogP contribution is 2.14. The fourth-order valence-electron chi connectivity index (χ4n) is 1.96. The van der Waals surface area contributed by atoms with Crippen molar-refractivity contribution >= 4 is 11.7 Å². The normalized spacial score (nSPS) is 11.2. The Balaban J connectivity index is 2.38. The minimum atomic E-state index is -0.0402. The van der Waals surface area contributed by atoms with Crippen molar-refractivity contribution in [1.82, 2.24) is 19.3 Å². The summed E-state index contributed by atoms with van der Waals surface area (Å²) >= 11 is 0. The van der Waals surface area contributed by atoms with E-state index in [1.165, 1.54) is 0 Å². The van der Waals surface area contributed by atoms with Gasteiger partial charge in [-0.05, 0) is 25.8 Å². The molecule has 5 nitrogen and oxygen atoms in total. The second-order valence-electron chi connectivity index (χ2n) is 4.82. The average Bonchev–Trinajstić information content (AvgIpc) is 2.82. The number of amides is 1. The zero-order valence-electron chi connectivity index (χ0n) is 11.9. The molecule has 0 N–H and O–H groups in total. The molecule has 2 aromatic heterocycles. The SMILES string of the molecule is CCN(CC)C(=O)c1ccn2cc(C(C)C)nc2n1. The van der Waals surface area contributed by atoms with Gasteiger partial charge in [-0.1, -0.05) is 13.8 Å². The zero-order valence-corrected chi connectivity index (χ0v) is 11.9. The molecule has 0 radical (unpaired) electrons. The summed E-state index contributed by atoms with van der Waals surface area (Å²) in [5, 5.41) is 0. The van der Waals surface area contributed by atoms with Crippen molar-refractivity contribution in [1.29, 1.82) is 0 Å². The maximum atomic E-state index is 12.2. The first-order valence-electron chi connectivity index (χ1n) is 6.71. The van der Waals surface area contributed by atoms with Gasteiger partial charge in [0.25, 0.3) is 5.91 Å². The topological polar surface area (TPSA) is 50.5 Å². The number of carbonyl (C=O) groups excluding carboxylic acids is 1. The molecule has 5 heteroatoms. The van der Waals surface area contributed by atoms with Crippen molar-refractivity contribution in [2.24, 2.45) is 0 Å². The Morgan fingerprint density at radius 1 is 1.32 bits per heavy atom. The minimum Gasteiger partial charge on any atom is -0.338 e. The van der Waals surface area contributed by atoms with Crippen LogP contribution in [0.4, 0.5) is 0 Å². The maximum absolute atomic E-state index is 12.2. The Morgan fingerprint density at radius 2 is 2.00 bits per heavy atom. The largest absolute Gasteiger partial charge is 0.338 e. The summed E-state index contributed by atoms with van der Waals surface area (Å²) in [7, 11) is 0. The molecule has 102 valence electrons. The molecular weight excluding hydrogens is 240 g/mol. The number of fused-ring (bicyclic) bond motifs is 1. The third-order valence-electron chi connectivity index (χ3n) is 3.21. The summed E-state index contributed by atoms with van der Waals surface area (Å²) in [6.45, 7) is 9.48. The van der Waals surface area contributed by atoms with Crippen molar-refractivity contribution in [3.63, 3.8) is 0 Å². The lowest BCUT2D eigenvalue weighted by atomic mass is 10.2. The van der Waals surface area contributed by atoms with Gasteiger partial charge in [0.05, 0.1) is 5.69 Å². The molecule has 0 saturated carbocycles. The standard InChI is InChI=1S/C14H20N4O/c1-5-17(6-2)13(19)11-7-8-18-9-12(10(3)4)16-14(18)15-11/h7-10H,5-6H2,1-4H3. The quantitative estimate of drug-likeness (QED) is 0.847. The van der Waals surface area contributed by atoms with Gasteiger partial charge >= 0.3 is 0 Å². The van der Waals surface area contributed by atoms with Crippen LogP contribution in [0.3, 0.4) is 0 Å². The molecule has 0 aliphatic carbocycles. The Bertz CT molecular complexity index is 584. The maximum Gasteiger partial charge on any atom is 0.272 e. The van der Waals surface area contributed by atoms with E-state index in [2.05, 4.69) is 23.8 Å². The zero-order chi connectivity index (χ0) is 14.0. The van der Waals surface area contributed by atoms with E-state index in [-0.39, 0.29) is 5.91 Å². The van der Waals surface area contributed by atoms with E-state index in [0.29, 0.717) is 30.5 Å². The highest BCUT2D eigenvalue weighted by molar-refractivity contribution is 5.92. The minimum absolute atomic E-state index is 0.0402. The van der Waals surface area contributed by atoms with E-state index in [4.69, 9.17) is 0 Å². The molecule has 2 heterocycles. The van der Waals surface area contributed by atoms with E-state index in [1.54, 1.807) is 11.0 Å². The molecule has 0 aliphatic heterocycles. The molecular formula is C14H20N4O. The van der Waals surface area contributed by atoms with Crippen LogP contribution in [0.5, 0.6) is 0 Å². The summed E-state index contributed by atoms with van der Waals surface area (Å²) in [6.07, 6.45) is 3.80. The van der Waals surface area contributed by atoms with Crippen LogP contribution < -0.4 is 0 Å². The first-order valence-corrected chi connectivity index (χ1v) is 6.71. The molecule has 0 fully saturated rings. The van der Waals surface area contributed by atoms with Gasteiger partial charge in [0, 0.05) is 25.5 Å². The summed E-state index contributed by atoms with van der Waals surface area (Å²) in [5.41, 5.74) is 1.44. The van der Waals surface area contributed by atoms with Crippen LogP contribution in [0.15, 0.2) is 18.5 Å². The van der Waals surface area contributed by atoms with Crippen LogP contribution in [0, 0.1) is 0 Å². The van der Waals surface area contributed by atoms with Crippen LogP contribution in [0.2, 0.25) is 0 Å². The fraction of sp³-hybridized carbons (Fsp3) is 0.500. The third-order valence-corrected chi connectivity index (χ3v) is 3.21. The molecule has 2 rings (SSSR count). The highest BCUT2D eigenvalue weighted by atomic mass is 16.2. The van der Waals surface area contributed by atoms with Gasteiger partial charge in [-0.25, -0.2) is 9.97 Å². The lowest BCUT2D eigenvalue weighted by Crippen LogP contribution is -2.31. The summed E-state index contributed by atoms with van der Waals surface area (Å²) in [4.78, 5) is 22.8. The molecule has 0 atom stereocenters. The molecule has 2 aromatic rings. The van der Waals surface area contributed by atoms with Crippen molar-refractivity contribution < 1.29 is 4.79 Å². The molecule has 0 aromatic carbocycles. The number of hydrogen-bond donors (Lipinski definition) is 0. The predicted octanol–water partition coefficient (Wildman–Crippen LogP) is 2.33. The van der Waals surface area contributed by atoms with E-state index >= 15 is 0 Å². The van der Waals surface area contributed by atoms with Crippen LogP contribution in [0.1, 0.15) is 49.8 Å². The second-order valence-corrected chi connectivity index (χ2v) is 4.82. The van der Waals surface area contributed by atoms with Gasteiger partial charge in [-0.15, -0.1) is 0 Å². The van der Waals surface area contributed by atoms with Crippen LogP contribution >= 0.6 is 0 Å². The van der Waals surface area contributed by atoms with Crippen LogP contribution in [-0.4, -0.2) is 38.3 Å². The lowest BCUT2D eigenvalue weighted by molar-refractivity contribution is 0.0767. The number of nitrogens with zero attached hydrogens (tertiary/aromatic N) is 4. The van der Waals surface area contributed by atoms with Crippen LogP contribution in [-0.2, 0) is 0 Å². The number of aromatic nitrogens is 3. The molecule has 0 bridgehead atoms. The van der Waals surface area contributed by atoms with Gasteiger partial charge in [0.15, 0.2) is 0 Å². The molecule has 0 saturated heterocycles. The highest BCUT2D eigenvalue weighted by Gasteiger charge is 2.15. The van der Waals surface area contributed by atoms with Gasteiger partial charge in [0.1, 0.15) is 5.69 Å². The number of imidazole rings is 1. The van der Waals surface area contributed by atoms with E-state index in [1.807, 2.05) is 30.6 Å². The summed E-state index contributed by atoms with van der Waals surface area (Å²) in [5.74, 6) is 0.895. The average molecular weight is 260 g/mol. The lowest BCUT2D eigenvalue weighted by Gasteiger charge is -2.17. The monoisotopic (exact) mass is 260 g/mol. The number of hydrogen-bond acceptors (Lipinski definition) is 3. The smallest absolute Gasteiger partial charge is 0.272 e. The van der Waals surface area contributed by atoms with Gasteiger partial charge in [-0.2, -0.15) is 0 Å². The summed E-state index contributed by atoms with van der Waals surface area (Å²) in [6, 6.07) is 1.75. The molecule has 0 unspecified atom stereocenters. The van der Waals surface area contributed by atoms with Crippen molar-refractivity contribution in [2.75, 3.05) is 13.1 Å². The second kappa shape index (κ2) is 5.38. The molecule has 1 amide bonds. The fourth-order valence-corrected chi connectivity index (χ4v) is 1.96.